The summed E-state index contributed by atoms with van der Waals surface area (Å²) in [6.45, 7) is 0.977. The molecule has 0 fully saturated rings. The van der Waals surface area contributed by atoms with E-state index in [9.17, 15) is 24.9 Å². The Hall–Kier alpha value is -3.30. The summed E-state index contributed by atoms with van der Waals surface area (Å²) >= 11 is 0. The summed E-state index contributed by atoms with van der Waals surface area (Å²) in [5.74, 6) is -0.468. The van der Waals surface area contributed by atoms with Gasteiger partial charge in [-0.3, -0.25) is 9.59 Å². The van der Waals surface area contributed by atoms with Gasteiger partial charge >= 0.3 is 5.97 Å². The van der Waals surface area contributed by atoms with Crippen LogP contribution in [0.2, 0.25) is 0 Å². The first-order chi connectivity index (χ1) is 15.7. The number of ketones is 1. The van der Waals surface area contributed by atoms with Crippen LogP contribution in [0, 0.1) is 0 Å². The molecule has 33 heavy (non-hydrogen) atoms. The van der Waals surface area contributed by atoms with Crippen molar-refractivity contribution in [2.24, 2.45) is 0 Å². The van der Waals surface area contributed by atoms with Gasteiger partial charge in [0, 0.05) is 26.2 Å². The van der Waals surface area contributed by atoms with E-state index in [2.05, 4.69) is 0 Å². The number of aliphatic hydroxyl groups excluding tert-OH is 2. The van der Waals surface area contributed by atoms with Crippen LogP contribution in [-0.4, -0.2) is 64.7 Å². The number of Topliss-reactive ketones (excluding diaryl/α,β-unsaturated/α-hetero) is 1. The van der Waals surface area contributed by atoms with Crippen molar-refractivity contribution in [1.29, 1.82) is 0 Å². The number of phenols is 2. The zero-order chi connectivity index (χ0) is 24.4. The minimum absolute atomic E-state index is 0.00293. The molecule has 2 aromatic carbocycles. The number of carbonyl (C=O) groups is 2. The molecule has 9 heteroatoms. The molecule has 0 saturated carbocycles. The number of hydrogen-bond donors (Lipinski definition) is 4. The fourth-order valence-electron chi connectivity index (χ4n) is 3.29. The second-order valence-corrected chi connectivity index (χ2v) is 7.54. The van der Waals surface area contributed by atoms with Crippen molar-refractivity contribution in [3.63, 3.8) is 0 Å². The van der Waals surface area contributed by atoms with E-state index in [1.54, 1.807) is 18.2 Å². The Labute approximate surface area is 192 Å². The molecular formula is C24H30O9. The molecule has 2 aromatic rings. The predicted molar refractivity (Wildman–Crippen MR) is 119 cm³/mol. The number of carbonyl (C=O) groups excluding carboxylic acids is 2. The molecule has 0 amide bonds. The maximum absolute atomic E-state index is 12.5. The zero-order valence-electron chi connectivity index (χ0n) is 18.7. The highest BCUT2D eigenvalue weighted by Crippen LogP contribution is 2.28. The van der Waals surface area contributed by atoms with Crippen LogP contribution in [0.5, 0.6) is 23.0 Å². The van der Waals surface area contributed by atoms with Gasteiger partial charge in [-0.05, 0) is 41.8 Å². The minimum atomic E-state index is -1.16. The standard InChI is InChI=1S/C24H30O9/c1-15(26)33-24(14-18(27)6-3-16-4-7-19(28)22(12-16)31-2)21(30)11-17-5-8-20(29)23(13-17)32-10-9-25/h4-5,7-8,12-13,21,24-25,28-30H,3,6,9-11,14H2,1-2H3. The molecule has 2 unspecified atom stereocenters. The van der Waals surface area contributed by atoms with E-state index in [4.69, 9.17) is 19.3 Å². The third-order valence-electron chi connectivity index (χ3n) is 4.93. The Kier molecular flexibility index (Phi) is 9.96. The molecule has 0 spiro atoms. The predicted octanol–water partition coefficient (Wildman–Crippen LogP) is 1.90. The van der Waals surface area contributed by atoms with E-state index >= 15 is 0 Å². The van der Waals surface area contributed by atoms with Crippen LogP contribution in [0.3, 0.4) is 0 Å². The van der Waals surface area contributed by atoms with E-state index < -0.39 is 18.2 Å². The molecular weight excluding hydrogens is 432 g/mol. The minimum Gasteiger partial charge on any atom is -0.504 e. The third-order valence-corrected chi connectivity index (χ3v) is 4.93. The summed E-state index contributed by atoms with van der Waals surface area (Å²) < 4.78 is 15.5. The largest absolute Gasteiger partial charge is 0.504 e. The molecule has 0 aliphatic heterocycles. The molecule has 0 aliphatic rings. The summed E-state index contributed by atoms with van der Waals surface area (Å²) in [6, 6.07) is 9.30. The fraction of sp³-hybridized carbons (Fsp3) is 0.417. The summed E-state index contributed by atoms with van der Waals surface area (Å²) in [7, 11) is 1.44. The van der Waals surface area contributed by atoms with Crippen LogP contribution in [-0.2, 0) is 27.2 Å². The summed E-state index contributed by atoms with van der Waals surface area (Å²) in [6.07, 6.45) is -1.78. The van der Waals surface area contributed by atoms with E-state index in [1.165, 1.54) is 32.2 Å². The van der Waals surface area contributed by atoms with E-state index in [0.717, 1.165) is 5.56 Å². The number of ether oxygens (including phenoxy) is 3. The number of aromatic hydroxyl groups is 2. The molecule has 0 saturated heterocycles. The fourth-order valence-corrected chi connectivity index (χ4v) is 3.29. The van der Waals surface area contributed by atoms with Gasteiger partial charge in [0.05, 0.1) is 19.8 Å². The van der Waals surface area contributed by atoms with E-state index in [1.807, 2.05) is 0 Å². The molecule has 9 nitrogen and oxygen atoms in total. The summed E-state index contributed by atoms with van der Waals surface area (Å²) in [5.41, 5.74) is 1.39. The molecule has 0 radical (unpaired) electrons. The topological polar surface area (TPSA) is 143 Å². The maximum Gasteiger partial charge on any atom is 0.303 e. The van der Waals surface area contributed by atoms with Crippen molar-refractivity contribution in [2.45, 2.75) is 44.8 Å². The first-order valence-corrected chi connectivity index (χ1v) is 10.5. The van der Waals surface area contributed by atoms with E-state index in [0.29, 0.717) is 17.7 Å². The number of phenolic OH excluding ortho intramolecular Hbond substituents is 2. The van der Waals surface area contributed by atoms with Gasteiger partial charge in [-0.2, -0.15) is 0 Å². The number of hydrogen-bond acceptors (Lipinski definition) is 9. The second-order valence-electron chi connectivity index (χ2n) is 7.54. The first-order valence-electron chi connectivity index (χ1n) is 10.5. The smallest absolute Gasteiger partial charge is 0.303 e. The Bertz CT molecular complexity index is 942. The number of methoxy groups -OCH3 is 1. The molecule has 2 rings (SSSR count). The monoisotopic (exact) mass is 462 g/mol. The first kappa shape index (κ1) is 26.0. The molecule has 2 atom stereocenters. The average molecular weight is 462 g/mol. The number of rotatable bonds is 13. The molecule has 4 N–H and O–H groups in total. The van der Waals surface area contributed by atoms with Crippen LogP contribution in [0.1, 0.15) is 30.9 Å². The van der Waals surface area contributed by atoms with Gasteiger partial charge in [0.2, 0.25) is 0 Å². The zero-order valence-corrected chi connectivity index (χ0v) is 18.7. The van der Waals surface area contributed by atoms with Crippen molar-refractivity contribution < 1.29 is 44.2 Å². The van der Waals surface area contributed by atoms with Gasteiger partial charge in [0.15, 0.2) is 23.0 Å². The molecule has 0 bridgehead atoms. The number of aliphatic hydroxyl groups is 2. The summed E-state index contributed by atoms with van der Waals surface area (Å²) in [4.78, 5) is 24.1. The van der Waals surface area contributed by atoms with Crippen LogP contribution in [0.25, 0.3) is 0 Å². The highest BCUT2D eigenvalue weighted by molar-refractivity contribution is 5.79. The lowest BCUT2D eigenvalue weighted by Crippen LogP contribution is -2.34. The number of aryl methyl sites for hydroxylation is 1. The Balaban J connectivity index is 2.01. The summed E-state index contributed by atoms with van der Waals surface area (Å²) in [5, 5.41) is 39.1. The Morgan fingerprint density at radius 3 is 2.27 bits per heavy atom. The normalized spacial score (nSPS) is 12.6. The number of benzene rings is 2. The van der Waals surface area contributed by atoms with Gasteiger partial charge in [0.25, 0.3) is 0 Å². The van der Waals surface area contributed by atoms with Crippen LogP contribution in [0.4, 0.5) is 0 Å². The second kappa shape index (κ2) is 12.7. The number of esters is 1. The quantitative estimate of drug-likeness (QED) is 0.328. The van der Waals surface area contributed by atoms with Crippen LogP contribution >= 0.6 is 0 Å². The highest BCUT2D eigenvalue weighted by Gasteiger charge is 2.26. The van der Waals surface area contributed by atoms with Gasteiger partial charge in [-0.1, -0.05) is 12.1 Å². The molecule has 0 aliphatic carbocycles. The van der Waals surface area contributed by atoms with E-state index in [-0.39, 0.29) is 55.5 Å². The lowest BCUT2D eigenvalue weighted by atomic mass is 9.97. The van der Waals surface area contributed by atoms with Crippen molar-refractivity contribution in [3.05, 3.63) is 47.5 Å². The average Bonchev–Trinajstić information content (AvgIpc) is 2.78. The van der Waals surface area contributed by atoms with Crippen LogP contribution < -0.4 is 9.47 Å². The van der Waals surface area contributed by atoms with Gasteiger partial charge in [0.1, 0.15) is 18.5 Å². The van der Waals surface area contributed by atoms with Crippen molar-refractivity contribution in [3.8, 4) is 23.0 Å². The Morgan fingerprint density at radius 2 is 1.64 bits per heavy atom. The van der Waals surface area contributed by atoms with Gasteiger partial charge in [-0.15, -0.1) is 0 Å². The van der Waals surface area contributed by atoms with Crippen molar-refractivity contribution in [1.82, 2.24) is 0 Å². The Morgan fingerprint density at radius 1 is 1.00 bits per heavy atom. The molecule has 180 valence electrons. The van der Waals surface area contributed by atoms with Crippen molar-refractivity contribution in [2.75, 3.05) is 20.3 Å². The van der Waals surface area contributed by atoms with Gasteiger partial charge < -0.3 is 34.6 Å². The lowest BCUT2D eigenvalue weighted by molar-refractivity contribution is -0.154. The van der Waals surface area contributed by atoms with Crippen LogP contribution in [0.15, 0.2) is 36.4 Å². The maximum atomic E-state index is 12.5. The highest BCUT2D eigenvalue weighted by atomic mass is 16.6. The van der Waals surface area contributed by atoms with Gasteiger partial charge in [-0.25, -0.2) is 0 Å². The van der Waals surface area contributed by atoms with Crippen molar-refractivity contribution >= 4 is 11.8 Å². The third kappa shape index (κ3) is 8.28. The molecule has 0 heterocycles. The lowest BCUT2D eigenvalue weighted by Gasteiger charge is -2.22. The molecule has 0 aromatic heterocycles. The SMILES string of the molecule is COc1cc(CCC(=O)CC(OC(C)=O)C(O)Cc2ccc(O)c(OCCO)c2)ccc1O.